The average Bonchev–Trinajstić information content (AvgIpc) is 2.85. The van der Waals surface area contributed by atoms with Gasteiger partial charge in [-0.15, -0.1) is 0 Å². The van der Waals surface area contributed by atoms with Gasteiger partial charge in [0.05, 0.1) is 12.1 Å². The number of hydrogen-bond acceptors (Lipinski definition) is 4. The van der Waals surface area contributed by atoms with Crippen molar-refractivity contribution in [2.24, 2.45) is 5.73 Å². The van der Waals surface area contributed by atoms with Gasteiger partial charge in [-0.3, -0.25) is 9.59 Å². The van der Waals surface area contributed by atoms with Gasteiger partial charge in [-0.05, 0) is 12.5 Å². The number of carbonyl (C=O) groups excluding carboxylic acids is 2. The zero-order valence-electron chi connectivity index (χ0n) is 11.7. The molecule has 0 aliphatic carbocycles. The fraction of sp³-hybridized carbons (Fsp3) is 0.538. The highest BCUT2D eigenvalue weighted by Crippen LogP contribution is 2.11. The molecule has 1 aromatic rings. The van der Waals surface area contributed by atoms with E-state index >= 15 is 0 Å². The van der Waals surface area contributed by atoms with Gasteiger partial charge in [0.2, 0.25) is 5.91 Å². The number of likely N-dealkylation sites (N-methyl/N-ethyl adjacent to an activating group) is 1. The van der Waals surface area contributed by atoms with Crippen molar-refractivity contribution in [3.63, 3.8) is 0 Å². The van der Waals surface area contributed by atoms with Crippen LogP contribution in [0.1, 0.15) is 29.5 Å². The first-order valence-electron chi connectivity index (χ1n) is 6.26. The third kappa shape index (κ3) is 4.10. The largest absolute Gasteiger partial charge is 0.467 e. The van der Waals surface area contributed by atoms with Gasteiger partial charge in [0.1, 0.15) is 18.6 Å². The standard InChI is InChI=1S/C13H21N3O3/c1-4-5-16(8-12(17)15(2)3)13(18)10-6-11(7-14)19-9-10/h6,9H,4-5,7-8,14H2,1-3H3. The lowest BCUT2D eigenvalue weighted by Gasteiger charge is -2.22. The van der Waals surface area contributed by atoms with Crippen LogP contribution in [0.4, 0.5) is 0 Å². The lowest BCUT2D eigenvalue weighted by Crippen LogP contribution is -2.40. The van der Waals surface area contributed by atoms with E-state index in [1.54, 1.807) is 20.2 Å². The molecule has 19 heavy (non-hydrogen) atoms. The Labute approximate surface area is 113 Å². The molecule has 0 spiro atoms. The summed E-state index contributed by atoms with van der Waals surface area (Å²) in [6, 6.07) is 1.62. The monoisotopic (exact) mass is 267 g/mol. The van der Waals surface area contributed by atoms with E-state index in [1.807, 2.05) is 6.92 Å². The SMILES string of the molecule is CCCN(CC(=O)N(C)C)C(=O)c1coc(CN)c1. The molecule has 2 amide bonds. The summed E-state index contributed by atoms with van der Waals surface area (Å²) in [6.07, 6.45) is 2.17. The molecule has 0 aliphatic heterocycles. The van der Waals surface area contributed by atoms with E-state index in [4.69, 9.17) is 10.2 Å². The Balaban J connectivity index is 2.80. The first-order valence-corrected chi connectivity index (χ1v) is 6.26. The number of amides is 2. The minimum atomic E-state index is -0.208. The Morgan fingerprint density at radius 2 is 2.05 bits per heavy atom. The molecule has 0 saturated carbocycles. The van der Waals surface area contributed by atoms with Crippen molar-refractivity contribution in [1.82, 2.24) is 9.80 Å². The van der Waals surface area contributed by atoms with Crippen molar-refractivity contribution >= 4 is 11.8 Å². The zero-order valence-corrected chi connectivity index (χ0v) is 11.7. The number of nitrogens with two attached hydrogens (primary N) is 1. The molecule has 2 N–H and O–H groups in total. The lowest BCUT2D eigenvalue weighted by atomic mass is 10.2. The summed E-state index contributed by atoms with van der Waals surface area (Å²) >= 11 is 0. The number of rotatable bonds is 6. The van der Waals surface area contributed by atoms with Gasteiger partial charge in [-0.1, -0.05) is 6.92 Å². The average molecular weight is 267 g/mol. The van der Waals surface area contributed by atoms with Gasteiger partial charge in [-0.2, -0.15) is 0 Å². The minimum absolute atomic E-state index is 0.0722. The summed E-state index contributed by atoms with van der Waals surface area (Å²) in [5.41, 5.74) is 5.87. The molecule has 6 heteroatoms. The third-order valence-corrected chi connectivity index (χ3v) is 2.71. The molecule has 0 bridgehead atoms. The fourth-order valence-corrected chi connectivity index (χ4v) is 1.61. The summed E-state index contributed by atoms with van der Waals surface area (Å²) in [5, 5.41) is 0. The second kappa shape index (κ2) is 6.94. The molecule has 0 saturated heterocycles. The van der Waals surface area contributed by atoms with Crippen LogP contribution in [-0.4, -0.2) is 48.8 Å². The molecule has 0 fully saturated rings. The maximum absolute atomic E-state index is 12.3. The fourth-order valence-electron chi connectivity index (χ4n) is 1.61. The number of nitrogens with zero attached hydrogens (tertiary/aromatic N) is 2. The van der Waals surface area contributed by atoms with E-state index in [0.717, 1.165) is 6.42 Å². The first-order chi connectivity index (χ1) is 8.99. The van der Waals surface area contributed by atoms with Crippen LogP contribution in [0.15, 0.2) is 16.7 Å². The van der Waals surface area contributed by atoms with Gasteiger partial charge in [0.25, 0.3) is 5.91 Å². The zero-order chi connectivity index (χ0) is 14.4. The molecule has 0 atom stereocenters. The van der Waals surface area contributed by atoms with Crippen LogP contribution in [-0.2, 0) is 11.3 Å². The Morgan fingerprint density at radius 1 is 1.37 bits per heavy atom. The predicted octanol–water partition coefficient (Wildman–Crippen LogP) is 0.679. The maximum Gasteiger partial charge on any atom is 0.257 e. The highest BCUT2D eigenvalue weighted by Gasteiger charge is 2.20. The van der Waals surface area contributed by atoms with Crippen molar-refractivity contribution in [2.75, 3.05) is 27.2 Å². The molecule has 0 unspecified atom stereocenters. The quantitative estimate of drug-likeness (QED) is 0.822. The molecule has 6 nitrogen and oxygen atoms in total. The van der Waals surface area contributed by atoms with Gasteiger partial charge < -0.3 is 20.0 Å². The van der Waals surface area contributed by atoms with E-state index < -0.39 is 0 Å². The van der Waals surface area contributed by atoms with Crippen molar-refractivity contribution in [2.45, 2.75) is 19.9 Å². The molecule has 1 aromatic heterocycles. The second-order valence-electron chi connectivity index (χ2n) is 4.52. The van der Waals surface area contributed by atoms with E-state index in [9.17, 15) is 9.59 Å². The molecule has 0 aromatic carbocycles. The third-order valence-electron chi connectivity index (χ3n) is 2.71. The summed E-state index contributed by atoms with van der Waals surface area (Å²) in [7, 11) is 3.34. The van der Waals surface area contributed by atoms with E-state index in [-0.39, 0.29) is 24.9 Å². The van der Waals surface area contributed by atoms with Crippen LogP contribution >= 0.6 is 0 Å². The Hall–Kier alpha value is -1.82. The Bertz CT molecular complexity index is 440. The molecular weight excluding hydrogens is 246 g/mol. The second-order valence-corrected chi connectivity index (χ2v) is 4.52. The van der Waals surface area contributed by atoms with Crippen LogP contribution in [0.25, 0.3) is 0 Å². The Kier molecular flexibility index (Phi) is 5.57. The molecular formula is C13H21N3O3. The molecule has 106 valence electrons. The lowest BCUT2D eigenvalue weighted by molar-refractivity contribution is -0.129. The van der Waals surface area contributed by atoms with E-state index in [2.05, 4.69) is 0 Å². The summed E-state index contributed by atoms with van der Waals surface area (Å²) in [5.74, 6) is 0.239. The minimum Gasteiger partial charge on any atom is -0.467 e. The topological polar surface area (TPSA) is 79.8 Å². The van der Waals surface area contributed by atoms with E-state index in [1.165, 1.54) is 16.1 Å². The maximum atomic E-state index is 12.3. The molecule has 1 rings (SSSR count). The summed E-state index contributed by atoms with van der Waals surface area (Å²) in [4.78, 5) is 27.0. The van der Waals surface area contributed by atoms with E-state index in [0.29, 0.717) is 17.9 Å². The number of furan rings is 1. The van der Waals surface area contributed by atoms with Crippen LogP contribution in [0, 0.1) is 0 Å². The number of hydrogen-bond donors (Lipinski definition) is 1. The molecule has 0 aliphatic rings. The number of carbonyl (C=O) groups is 2. The van der Waals surface area contributed by atoms with Gasteiger partial charge in [-0.25, -0.2) is 0 Å². The van der Waals surface area contributed by atoms with Crippen LogP contribution in [0.2, 0.25) is 0 Å². The van der Waals surface area contributed by atoms with Crippen molar-refractivity contribution in [1.29, 1.82) is 0 Å². The first kappa shape index (κ1) is 15.2. The van der Waals surface area contributed by atoms with Crippen LogP contribution in [0.3, 0.4) is 0 Å². The van der Waals surface area contributed by atoms with Crippen molar-refractivity contribution in [3.8, 4) is 0 Å². The normalized spacial score (nSPS) is 10.3. The predicted molar refractivity (Wildman–Crippen MR) is 71.5 cm³/mol. The molecule has 0 radical (unpaired) electrons. The smallest absolute Gasteiger partial charge is 0.257 e. The van der Waals surface area contributed by atoms with Crippen molar-refractivity contribution in [3.05, 3.63) is 23.7 Å². The Morgan fingerprint density at radius 3 is 2.53 bits per heavy atom. The summed E-state index contributed by atoms with van der Waals surface area (Å²) < 4.78 is 5.15. The summed E-state index contributed by atoms with van der Waals surface area (Å²) in [6.45, 7) is 2.81. The van der Waals surface area contributed by atoms with Crippen molar-refractivity contribution < 1.29 is 14.0 Å². The van der Waals surface area contributed by atoms with Crippen LogP contribution < -0.4 is 5.73 Å². The highest BCUT2D eigenvalue weighted by atomic mass is 16.3. The van der Waals surface area contributed by atoms with Gasteiger partial charge in [0.15, 0.2) is 0 Å². The highest BCUT2D eigenvalue weighted by molar-refractivity contribution is 5.96. The van der Waals surface area contributed by atoms with Gasteiger partial charge >= 0.3 is 0 Å². The molecule has 1 heterocycles. The van der Waals surface area contributed by atoms with Gasteiger partial charge in [0, 0.05) is 20.6 Å². The van der Waals surface area contributed by atoms with Crippen LogP contribution in [0.5, 0.6) is 0 Å².